The molecule has 4 rings (SSSR count). The largest absolute Gasteiger partial charge is 0.322 e. The van der Waals surface area contributed by atoms with E-state index >= 15 is 0 Å². The van der Waals surface area contributed by atoms with Gasteiger partial charge in [-0.05, 0) is 55.9 Å². The van der Waals surface area contributed by atoms with E-state index in [0.29, 0.717) is 18.5 Å². The standard InChI is InChI=1S/C17H18N2O3/c1-9-3-4-11-12(10(9)2)8-19(15(11)21)13-7-17(5-6-17)16(22)18-14(13)20/h3-4,13H,5-8H2,1-2H3,(H,18,20,22). The molecule has 3 amide bonds. The molecule has 1 aromatic carbocycles. The van der Waals surface area contributed by atoms with Gasteiger partial charge >= 0.3 is 0 Å². The molecule has 3 aliphatic rings. The molecular weight excluding hydrogens is 280 g/mol. The zero-order chi connectivity index (χ0) is 15.6. The predicted octanol–water partition coefficient (Wildman–Crippen LogP) is 1.45. The second-order valence-electron chi connectivity index (χ2n) is 6.79. The molecule has 2 heterocycles. The Kier molecular flexibility index (Phi) is 2.56. The Morgan fingerprint density at radius 2 is 1.91 bits per heavy atom. The lowest BCUT2D eigenvalue weighted by atomic mass is 9.90. The molecule has 5 nitrogen and oxygen atoms in total. The van der Waals surface area contributed by atoms with E-state index in [1.54, 1.807) is 4.90 Å². The van der Waals surface area contributed by atoms with Crippen molar-refractivity contribution >= 4 is 17.7 Å². The third-order valence-corrected chi connectivity index (χ3v) is 5.52. The van der Waals surface area contributed by atoms with Crippen molar-refractivity contribution in [3.8, 4) is 0 Å². The zero-order valence-corrected chi connectivity index (χ0v) is 12.7. The van der Waals surface area contributed by atoms with Crippen LogP contribution in [0.25, 0.3) is 0 Å². The van der Waals surface area contributed by atoms with E-state index in [9.17, 15) is 14.4 Å². The second kappa shape index (κ2) is 4.18. The molecule has 22 heavy (non-hydrogen) atoms. The number of nitrogens with zero attached hydrogens (tertiary/aromatic N) is 1. The maximum atomic E-state index is 12.7. The van der Waals surface area contributed by atoms with E-state index in [0.717, 1.165) is 29.5 Å². The molecule has 1 unspecified atom stereocenters. The van der Waals surface area contributed by atoms with Crippen molar-refractivity contribution in [2.75, 3.05) is 0 Å². The number of benzene rings is 1. The summed E-state index contributed by atoms with van der Waals surface area (Å²) in [6.07, 6.45) is 2.10. The fourth-order valence-corrected chi connectivity index (χ4v) is 3.64. The predicted molar refractivity (Wildman–Crippen MR) is 79.0 cm³/mol. The van der Waals surface area contributed by atoms with E-state index in [1.165, 1.54) is 0 Å². The van der Waals surface area contributed by atoms with Gasteiger partial charge in [-0.1, -0.05) is 6.07 Å². The van der Waals surface area contributed by atoms with E-state index in [2.05, 4.69) is 5.32 Å². The number of carbonyl (C=O) groups excluding carboxylic acids is 3. The fraction of sp³-hybridized carbons (Fsp3) is 0.471. The van der Waals surface area contributed by atoms with Crippen molar-refractivity contribution in [3.63, 3.8) is 0 Å². The van der Waals surface area contributed by atoms with Crippen LogP contribution in [-0.4, -0.2) is 28.7 Å². The maximum absolute atomic E-state index is 12.7. The second-order valence-corrected chi connectivity index (χ2v) is 6.79. The summed E-state index contributed by atoms with van der Waals surface area (Å²) < 4.78 is 0. The highest BCUT2D eigenvalue weighted by Crippen LogP contribution is 2.52. The lowest BCUT2D eigenvalue weighted by Gasteiger charge is -2.33. The zero-order valence-electron chi connectivity index (χ0n) is 12.7. The molecule has 0 radical (unpaired) electrons. The number of nitrogens with one attached hydrogen (secondary N) is 1. The molecule has 0 bridgehead atoms. The summed E-state index contributed by atoms with van der Waals surface area (Å²) in [6.45, 7) is 4.50. The number of rotatable bonds is 1. The van der Waals surface area contributed by atoms with Crippen LogP contribution in [0.1, 0.15) is 46.3 Å². The average Bonchev–Trinajstić information content (AvgIpc) is 3.18. The number of amides is 3. The van der Waals surface area contributed by atoms with E-state index in [1.807, 2.05) is 26.0 Å². The molecule has 1 saturated carbocycles. The molecular formula is C17H18N2O3. The molecule has 2 fully saturated rings. The van der Waals surface area contributed by atoms with Crippen LogP contribution in [0.5, 0.6) is 0 Å². The minimum absolute atomic E-state index is 0.0941. The Balaban J connectivity index is 1.68. The van der Waals surface area contributed by atoms with Crippen LogP contribution >= 0.6 is 0 Å². The smallest absolute Gasteiger partial charge is 0.255 e. The van der Waals surface area contributed by atoms with Gasteiger partial charge in [0.2, 0.25) is 11.8 Å². The highest BCUT2D eigenvalue weighted by atomic mass is 16.2. The molecule has 0 aromatic heterocycles. The number of hydrogen-bond donors (Lipinski definition) is 1. The van der Waals surface area contributed by atoms with Crippen LogP contribution in [0.15, 0.2) is 12.1 Å². The molecule has 5 heteroatoms. The first-order valence-electron chi connectivity index (χ1n) is 7.68. The van der Waals surface area contributed by atoms with Crippen LogP contribution in [0.2, 0.25) is 0 Å². The molecule has 2 aliphatic heterocycles. The van der Waals surface area contributed by atoms with Gasteiger partial charge in [0.25, 0.3) is 5.91 Å². The summed E-state index contributed by atoms with van der Waals surface area (Å²) in [7, 11) is 0. The van der Waals surface area contributed by atoms with Crippen molar-refractivity contribution < 1.29 is 14.4 Å². The first-order valence-corrected chi connectivity index (χ1v) is 7.68. The van der Waals surface area contributed by atoms with Gasteiger partial charge in [-0.2, -0.15) is 0 Å². The lowest BCUT2D eigenvalue weighted by molar-refractivity contribution is -0.141. The van der Waals surface area contributed by atoms with Gasteiger partial charge in [-0.15, -0.1) is 0 Å². The maximum Gasteiger partial charge on any atom is 0.255 e. The molecule has 1 N–H and O–H groups in total. The van der Waals surface area contributed by atoms with Crippen LogP contribution in [0, 0.1) is 19.3 Å². The van der Waals surface area contributed by atoms with Crippen LogP contribution < -0.4 is 5.32 Å². The van der Waals surface area contributed by atoms with Gasteiger partial charge in [0.15, 0.2) is 0 Å². The van der Waals surface area contributed by atoms with Gasteiger partial charge < -0.3 is 4.90 Å². The molecule has 1 saturated heterocycles. The first-order chi connectivity index (χ1) is 10.4. The summed E-state index contributed by atoms with van der Waals surface area (Å²) in [5, 5.41) is 2.46. The van der Waals surface area contributed by atoms with Crippen molar-refractivity contribution in [1.82, 2.24) is 10.2 Å². The Morgan fingerprint density at radius 3 is 2.59 bits per heavy atom. The van der Waals surface area contributed by atoms with Crippen LogP contribution in [0.4, 0.5) is 0 Å². The summed E-state index contributed by atoms with van der Waals surface area (Å²) in [6, 6.07) is 3.26. The van der Waals surface area contributed by atoms with Gasteiger partial charge in [0.1, 0.15) is 6.04 Å². The summed E-state index contributed by atoms with van der Waals surface area (Å²) in [5.74, 6) is -0.591. The van der Waals surface area contributed by atoms with Crippen LogP contribution in [-0.2, 0) is 16.1 Å². The normalized spacial score (nSPS) is 25.5. The number of hydrogen-bond acceptors (Lipinski definition) is 3. The number of carbonyl (C=O) groups is 3. The number of fused-ring (bicyclic) bond motifs is 1. The number of imide groups is 1. The third-order valence-electron chi connectivity index (χ3n) is 5.52. The van der Waals surface area contributed by atoms with Gasteiger partial charge in [0.05, 0.1) is 5.41 Å². The average molecular weight is 298 g/mol. The first kappa shape index (κ1) is 13.5. The minimum Gasteiger partial charge on any atom is -0.322 e. The highest BCUT2D eigenvalue weighted by Gasteiger charge is 2.57. The van der Waals surface area contributed by atoms with E-state index in [4.69, 9.17) is 0 Å². The highest BCUT2D eigenvalue weighted by molar-refractivity contribution is 6.07. The van der Waals surface area contributed by atoms with Gasteiger partial charge in [-0.25, -0.2) is 0 Å². The molecule has 1 spiro atoms. The van der Waals surface area contributed by atoms with Gasteiger partial charge in [-0.3, -0.25) is 19.7 Å². The SMILES string of the molecule is Cc1ccc2c(c1C)CN(C1CC3(CC3)C(=O)NC1=O)C2=O. The Hall–Kier alpha value is -2.17. The number of piperidine rings is 1. The Bertz CT molecular complexity index is 734. The van der Waals surface area contributed by atoms with Crippen molar-refractivity contribution in [3.05, 3.63) is 34.4 Å². The van der Waals surface area contributed by atoms with Crippen molar-refractivity contribution in [1.29, 1.82) is 0 Å². The number of aryl methyl sites for hydroxylation is 1. The minimum atomic E-state index is -0.528. The van der Waals surface area contributed by atoms with Crippen LogP contribution in [0.3, 0.4) is 0 Å². The molecule has 1 aliphatic carbocycles. The monoisotopic (exact) mass is 298 g/mol. The van der Waals surface area contributed by atoms with E-state index < -0.39 is 11.5 Å². The Labute approximate surface area is 128 Å². The molecule has 1 aromatic rings. The van der Waals surface area contributed by atoms with E-state index in [-0.39, 0.29) is 17.7 Å². The summed E-state index contributed by atoms with van der Waals surface area (Å²) in [5.41, 5.74) is 3.56. The lowest BCUT2D eigenvalue weighted by Crippen LogP contribution is -2.56. The fourth-order valence-electron chi connectivity index (χ4n) is 3.64. The molecule has 1 atom stereocenters. The molecule has 114 valence electrons. The quantitative estimate of drug-likeness (QED) is 0.798. The summed E-state index contributed by atoms with van der Waals surface area (Å²) >= 11 is 0. The van der Waals surface area contributed by atoms with Gasteiger partial charge in [0, 0.05) is 12.1 Å². The van der Waals surface area contributed by atoms with Crippen molar-refractivity contribution in [2.24, 2.45) is 5.41 Å². The Morgan fingerprint density at radius 1 is 1.18 bits per heavy atom. The topological polar surface area (TPSA) is 66.5 Å². The van der Waals surface area contributed by atoms with Crippen molar-refractivity contribution in [2.45, 2.75) is 45.7 Å². The third kappa shape index (κ3) is 1.68. The summed E-state index contributed by atoms with van der Waals surface area (Å²) in [4.78, 5) is 38.5.